The highest BCUT2D eigenvalue weighted by Gasteiger charge is 2.50. The maximum atomic E-state index is 10.7. The van der Waals surface area contributed by atoms with Crippen molar-refractivity contribution in [3.05, 3.63) is 58.7 Å². The molecule has 2 saturated heterocycles. The maximum absolute atomic E-state index is 10.7. The summed E-state index contributed by atoms with van der Waals surface area (Å²) in [7, 11) is 0. The first-order valence-corrected chi connectivity index (χ1v) is 17.2. The van der Waals surface area contributed by atoms with E-state index in [1.54, 1.807) is 50.2 Å². The lowest BCUT2D eigenvalue weighted by Gasteiger charge is -2.46. The summed E-state index contributed by atoms with van der Waals surface area (Å²) in [5.74, 6) is -0.00450. The van der Waals surface area contributed by atoms with Crippen molar-refractivity contribution in [2.45, 2.75) is 119 Å². The molecule has 300 valence electrons. The Hall–Kier alpha value is -2.60. The molecule has 15 atom stereocenters. The molecule has 1 aliphatic carbocycles. The van der Waals surface area contributed by atoms with Crippen molar-refractivity contribution < 1.29 is 90.1 Å². The third-order valence-electron chi connectivity index (χ3n) is 9.66. The smallest absolute Gasteiger partial charge is 0.229 e. The normalized spacial score (nSPS) is 37.4. The third kappa shape index (κ3) is 9.99. The zero-order valence-electron chi connectivity index (χ0n) is 29.2. The number of aliphatic hydroxyl groups is 13. The minimum atomic E-state index is -1.58. The minimum Gasteiger partial charge on any atom is -0.462 e. The monoisotopic (exact) mass is 760 g/mol. The van der Waals surface area contributed by atoms with Crippen LogP contribution in [0.3, 0.4) is 0 Å². The summed E-state index contributed by atoms with van der Waals surface area (Å²) >= 11 is 0. The zero-order valence-corrected chi connectivity index (χ0v) is 29.2. The van der Waals surface area contributed by atoms with E-state index in [9.17, 15) is 56.2 Å². The summed E-state index contributed by atoms with van der Waals surface area (Å²) in [4.78, 5) is 0. The van der Waals surface area contributed by atoms with Gasteiger partial charge in [-0.15, -0.1) is 0 Å². The first kappa shape index (κ1) is 43.1. The van der Waals surface area contributed by atoms with Crippen LogP contribution in [0.5, 0.6) is 11.5 Å². The standard InChI is InChI=1S/C21H32O11.C14H20O7/c1-9-4-10(6-22)2-3-12(9)31-21-19(29)18(28)20(14(8-24)32-21)30-13-5-11(7-23)15(25)17(27)16(13)26;1-7-4-8(5-15)2-3-9(7)20-14-13(19)12(18)11(17)10(6-16)21-14/h2-4,11,13-29H,5-8H2,1H3;2-4,10-19H,5-6H2,1H3. The second-order valence-electron chi connectivity index (χ2n) is 13.4. The number of aryl methyl sites for hydroxylation is 2. The summed E-state index contributed by atoms with van der Waals surface area (Å²) in [6.45, 7) is 1.69. The quantitative estimate of drug-likeness (QED) is 0.103. The Kier molecular flexibility index (Phi) is 15.7. The summed E-state index contributed by atoms with van der Waals surface area (Å²) in [6, 6.07) is 9.90. The van der Waals surface area contributed by atoms with Crippen molar-refractivity contribution in [1.29, 1.82) is 0 Å². The fraction of sp³-hybridized carbons (Fsp3) is 0.657. The predicted octanol–water partition coefficient (Wildman–Crippen LogP) is -4.18. The van der Waals surface area contributed by atoms with E-state index >= 15 is 0 Å². The van der Waals surface area contributed by atoms with Crippen LogP contribution in [0.4, 0.5) is 0 Å². The molecule has 13 N–H and O–H groups in total. The van der Waals surface area contributed by atoms with E-state index in [0.717, 1.165) is 5.56 Å². The Balaban J connectivity index is 0.000000258. The molecule has 18 nitrogen and oxygen atoms in total. The van der Waals surface area contributed by atoms with Gasteiger partial charge < -0.3 is 90.1 Å². The highest BCUT2D eigenvalue weighted by atomic mass is 16.7. The maximum Gasteiger partial charge on any atom is 0.229 e. The Morgan fingerprint density at radius 3 is 1.47 bits per heavy atom. The third-order valence-corrected chi connectivity index (χ3v) is 9.66. The summed E-state index contributed by atoms with van der Waals surface area (Å²) < 4.78 is 27.8. The lowest BCUT2D eigenvalue weighted by atomic mass is 9.81. The molecule has 0 aromatic heterocycles. The Labute approximate surface area is 305 Å². The molecule has 0 spiro atoms. The first-order chi connectivity index (χ1) is 25.2. The van der Waals surface area contributed by atoms with Crippen molar-refractivity contribution in [2.24, 2.45) is 5.92 Å². The molecule has 5 rings (SSSR count). The molecule has 0 amide bonds. The van der Waals surface area contributed by atoms with Crippen LogP contribution in [-0.4, -0.2) is 172 Å². The van der Waals surface area contributed by atoms with Gasteiger partial charge in [0, 0.05) is 12.5 Å². The van der Waals surface area contributed by atoms with Crippen LogP contribution in [0.25, 0.3) is 0 Å². The lowest BCUT2D eigenvalue weighted by molar-refractivity contribution is -0.303. The van der Waals surface area contributed by atoms with Gasteiger partial charge in [0.2, 0.25) is 12.6 Å². The van der Waals surface area contributed by atoms with Crippen molar-refractivity contribution in [1.82, 2.24) is 0 Å². The topological polar surface area (TPSA) is 309 Å². The van der Waals surface area contributed by atoms with E-state index in [1.165, 1.54) is 0 Å². The van der Waals surface area contributed by atoms with Crippen molar-refractivity contribution in [3.63, 3.8) is 0 Å². The average Bonchev–Trinajstić information content (AvgIpc) is 3.16. The fourth-order valence-electron chi connectivity index (χ4n) is 6.42. The lowest BCUT2D eigenvalue weighted by Crippen LogP contribution is -2.63. The number of hydrogen-bond donors (Lipinski definition) is 13. The second-order valence-corrected chi connectivity index (χ2v) is 13.4. The first-order valence-electron chi connectivity index (χ1n) is 17.2. The molecule has 2 aromatic rings. The molecule has 2 heterocycles. The van der Waals surface area contributed by atoms with Gasteiger partial charge in [-0.1, -0.05) is 24.3 Å². The SMILES string of the molecule is Cc1cc(CO)ccc1OC1OC(CO)C(O)C(O)C1O.Cc1cc(CO)ccc1OC1OC(CO)C(OC2CC(CO)C(O)C(O)C2O)C(O)C1O. The molecule has 18 heteroatoms. The van der Waals surface area contributed by atoms with E-state index in [2.05, 4.69) is 0 Å². The van der Waals surface area contributed by atoms with Crippen LogP contribution in [0, 0.1) is 19.8 Å². The van der Waals surface area contributed by atoms with E-state index in [-0.39, 0.29) is 19.6 Å². The van der Waals surface area contributed by atoms with E-state index < -0.39 is 112 Å². The molecule has 0 radical (unpaired) electrons. The number of ether oxygens (including phenoxy) is 5. The van der Waals surface area contributed by atoms with Gasteiger partial charge in [0.05, 0.1) is 38.6 Å². The molecule has 2 aliphatic heterocycles. The average molecular weight is 761 g/mol. The van der Waals surface area contributed by atoms with Crippen molar-refractivity contribution >= 4 is 0 Å². The molecule has 3 fully saturated rings. The summed E-state index contributed by atoms with van der Waals surface area (Å²) in [5, 5.41) is 127. The Morgan fingerprint density at radius 1 is 0.547 bits per heavy atom. The fourth-order valence-corrected chi connectivity index (χ4v) is 6.42. The van der Waals surface area contributed by atoms with E-state index in [4.69, 9.17) is 33.9 Å². The number of aliphatic hydroxyl groups excluding tert-OH is 13. The van der Waals surface area contributed by atoms with Gasteiger partial charge in [0.1, 0.15) is 72.5 Å². The van der Waals surface area contributed by atoms with Gasteiger partial charge in [-0.05, 0) is 54.7 Å². The summed E-state index contributed by atoms with van der Waals surface area (Å²) in [5.41, 5.74) is 2.77. The van der Waals surface area contributed by atoms with Crippen LogP contribution >= 0.6 is 0 Å². The van der Waals surface area contributed by atoms with Gasteiger partial charge in [0.15, 0.2) is 0 Å². The molecular weight excluding hydrogens is 708 g/mol. The Morgan fingerprint density at radius 2 is 1.02 bits per heavy atom. The highest BCUT2D eigenvalue weighted by Crippen LogP contribution is 2.33. The number of benzene rings is 2. The highest BCUT2D eigenvalue weighted by molar-refractivity contribution is 5.37. The Bertz CT molecular complexity index is 1430. The van der Waals surface area contributed by atoms with Gasteiger partial charge in [-0.3, -0.25) is 0 Å². The van der Waals surface area contributed by atoms with Crippen molar-refractivity contribution in [2.75, 3.05) is 19.8 Å². The van der Waals surface area contributed by atoms with Crippen LogP contribution in [0.2, 0.25) is 0 Å². The van der Waals surface area contributed by atoms with Crippen LogP contribution in [0.1, 0.15) is 28.7 Å². The van der Waals surface area contributed by atoms with Crippen molar-refractivity contribution in [3.8, 4) is 11.5 Å². The van der Waals surface area contributed by atoms with Gasteiger partial charge >= 0.3 is 0 Å². The largest absolute Gasteiger partial charge is 0.462 e. The van der Waals surface area contributed by atoms with Crippen LogP contribution in [-0.2, 0) is 27.4 Å². The molecule has 2 aromatic carbocycles. The molecule has 53 heavy (non-hydrogen) atoms. The second kappa shape index (κ2) is 19.3. The van der Waals surface area contributed by atoms with E-state index in [0.29, 0.717) is 28.2 Å². The van der Waals surface area contributed by atoms with Crippen LogP contribution in [0.15, 0.2) is 36.4 Å². The van der Waals surface area contributed by atoms with Gasteiger partial charge in [0.25, 0.3) is 0 Å². The zero-order chi connectivity index (χ0) is 39.1. The predicted molar refractivity (Wildman–Crippen MR) is 179 cm³/mol. The molecule has 1 saturated carbocycles. The molecule has 0 bridgehead atoms. The number of rotatable bonds is 11. The minimum absolute atomic E-state index is 0.0241. The summed E-state index contributed by atoms with van der Waals surface area (Å²) in [6.07, 6.45) is -19.0. The van der Waals surface area contributed by atoms with Crippen LogP contribution < -0.4 is 9.47 Å². The molecule has 3 aliphatic rings. The molecular formula is C35H52O18. The van der Waals surface area contributed by atoms with E-state index in [1.807, 2.05) is 0 Å². The molecule has 15 unspecified atom stereocenters. The van der Waals surface area contributed by atoms with Gasteiger partial charge in [-0.2, -0.15) is 0 Å². The number of hydrogen-bond acceptors (Lipinski definition) is 18. The van der Waals surface area contributed by atoms with Gasteiger partial charge in [-0.25, -0.2) is 0 Å².